The molecule has 4 N–H and O–H groups in total. The maximum atomic E-state index is 12.4. The number of nitrogen functional groups attached to an aromatic ring is 1. The Labute approximate surface area is 113 Å². The van der Waals surface area contributed by atoms with Crippen molar-refractivity contribution in [2.75, 3.05) is 12.3 Å². The number of benzene rings is 1. The Morgan fingerprint density at radius 1 is 1.39 bits per heavy atom. The molecule has 5 nitrogen and oxygen atoms in total. The molecular formula is C12H14BrN3O2. The van der Waals surface area contributed by atoms with E-state index in [2.05, 4.69) is 15.9 Å². The van der Waals surface area contributed by atoms with E-state index in [9.17, 15) is 9.59 Å². The molecule has 6 heteroatoms. The molecule has 1 aromatic rings. The Bertz CT molecular complexity index is 504. The van der Waals surface area contributed by atoms with Crippen LogP contribution in [0.1, 0.15) is 23.2 Å². The van der Waals surface area contributed by atoms with Crippen LogP contribution in [0.3, 0.4) is 0 Å². The second-order valence-electron chi connectivity index (χ2n) is 4.30. The number of likely N-dealkylation sites (tertiary alicyclic amines) is 1. The van der Waals surface area contributed by atoms with Gasteiger partial charge in [0.2, 0.25) is 5.91 Å². The third-order valence-corrected chi connectivity index (χ3v) is 3.75. The number of nitrogens with zero attached hydrogens (tertiary/aromatic N) is 1. The average Bonchev–Trinajstić information content (AvgIpc) is 2.80. The lowest BCUT2D eigenvalue weighted by atomic mass is 10.1. The molecule has 18 heavy (non-hydrogen) atoms. The van der Waals surface area contributed by atoms with Crippen molar-refractivity contribution >= 4 is 33.4 Å². The minimum Gasteiger partial charge on any atom is -0.399 e. The minimum atomic E-state index is -0.508. The topological polar surface area (TPSA) is 89.4 Å². The van der Waals surface area contributed by atoms with Crippen LogP contribution < -0.4 is 11.5 Å². The second kappa shape index (κ2) is 4.97. The minimum absolute atomic E-state index is 0.213. The molecule has 1 saturated heterocycles. The third-order valence-electron chi connectivity index (χ3n) is 3.06. The maximum Gasteiger partial charge on any atom is 0.255 e. The zero-order chi connectivity index (χ0) is 13.3. The van der Waals surface area contributed by atoms with E-state index in [-0.39, 0.29) is 5.91 Å². The van der Waals surface area contributed by atoms with Gasteiger partial charge in [0.15, 0.2) is 0 Å². The summed E-state index contributed by atoms with van der Waals surface area (Å²) >= 11 is 3.32. The van der Waals surface area contributed by atoms with Crippen molar-refractivity contribution in [1.82, 2.24) is 4.90 Å². The van der Waals surface area contributed by atoms with Crippen LogP contribution >= 0.6 is 15.9 Å². The number of anilines is 1. The summed E-state index contributed by atoms with van der Waals surface area (Å²) in [7, 11) is 0. The van der Waals surface area contributed by atoms with Gasteiger partial charge in [-0.05, 0) is 47.0 Å². The van der Waals surface area contributed by atoms with Crippen molar-refractivity contribution in [2.24, 2.45) is 5.73 Å². The highest BCUT2D eigenvalue weighted by Crippen LogP contribution is 2.25. The fourth-order valence-corrected chi connectivity index (χ4v) is 2.58. The van der Waals surface area contributed by atoms with Crippen LogP contribution in [0.5, 0.6) is 0 Å². The molecule has 1 atom stereocenters. The first-order valence-corrected chi connectivity index (χ1v) is 6.45. The van der Waals surface area contributed by atoms with E-state index in [1.54, 1.807) is 18.2 Å². The molecule has 1 heterocycles. The molecular weight excluding hydrogens is 298 g/mol. The molecule has 0 saturated carbocycles. The number of hydrogen-bond donors (Lipinski definition) is 2. The van der Waals surface area contributed by atoms with E-state index < -0.39 is 11.9 Å². The van der Waals surface area contributed by atoms with Crippen molar-refractivity contribution in [2.45, 2.75) is 18.9 Å². The predicted molar refractivity (Wildman–Crippen MR) is 71.8 cm³/mol. The van der Waals surface area contributed by atoms with Crippen LogP contribution in [-0.4, -0.2) is 29.3 Å². The molecule has 1 aliphatic rings. The van der Waals surface area contributed by atoms with Crippen LogP contribution in [0.4, 0.5) is 5.69 Å². The summed E-state index contributed by atoms with van der Waals surface area (Å²) in [6.45, 7) is 0.549. The monoisotopic (exact) mass is 311 g/mol. The van der Waals surface area contributed by atoms with Gasteiger partial charge in [0.1, 0.15) is 6.04 Å². The van der Waals surface area contributed by atoms with Gasteiger partial charge in [-0.15, -0.1) is 0 Å². The molecule has 0 bridgehead atoms. The highest BCUT2D eigenvalue weighted by Gasteiger charge is 2.33. The molecule has 1 unspecified atom stereocenters. The lowest BCUT2D eigenvalue weighted by Crippen LogP contribution is -2.43. The van der Waals surface area contributed by atoms with Gasteiger partial charge in [0, 0.05) is 16.7 Å². The van der Waals surface area contributed by atoms with Crippen LogP contribution in [0, 0.1) is 0 Å². The van der Waals surface area contributed by atoms with E-state index in [0.717, 1.165) is 6.42 Å². The van der Waals surface area contributed by atoms with E-state index in [4.69, 9.17) is 11.5 Å². The Balaban J connectivity index is 2.31. The highest BCUT2D eigenvalue weighted by molar-refractivity contribution is 9.10. The molecule has 1 aliphatic heterocycles. The lowest BCUT2D eigenvalue weighted by Gasteiger charge is -2.22. The molecule has 0 spiro atoms. The largest absolute Gasteiger partial charge is 0.399 e. The van der Waals surface area contributed by atoms with Crippen LogP contribution in [0.2, 0.25) is 0 Å². The zero-order valence-corrected chi connectivity index (χ0v) is 11.3. The van der Waals surface area contributed by atoms with Gasteiger partial charge in [0.05, 0.1) is 5.56 Å². The van der Waals surface area contributed by atoms with Crippen LogP contribution in [-0.2, 0) is 4.79 Å². The van der Waals surface area contributed by atoms with Gasteiger partial charge >= 0.3 is 0 Å². The quantitative estimate of drug-likeness (QED) is 0.802. The van der Waals surface area contributed by atoms with Gasteiger partial charge < -0.3 is 16.4 Å². The fraction of sp³-hybridized carbons (Fsp3) is 0.333. The Kier molecular flexibility index (Phi) is 3.56. The smallest absolute Gasteiger partial charge is 0.255 e. The summed E-state index contributed by atoms with van der Waals surface area (Å²) < 4.78 is 0.664. The van der Waals surface area contributed by atoms with Gasteiger partial charge in [-0.25, -0.2) is 0 Å². The third kappa shape index (κ3) is 2.33. The SMILES string of the molecule is NC(=O)C1CCCN1C(=O)c1cc(N)ccc1Br. The van der Waals surface area contributed by atoms with Gasteiger partial charge in [0.25, 0.3) is 5.91 Å². The number of rotatable bonds is 2. The van der Waals surface area contributed by atoms with Crippen LogP contribution in [0.25, 0.3) is 0 Å². The maximum absolute atomic E-state index is 12.4. The van der Waals surface area contributed by atoms with Crippen LogP contribution in [0.15, 0.2) is 22.7 Å². The first-order chi connectivity index (χ1) is 8.50. The second-order valence-corrected chi connectivity index (χ2v) is 5.15. The van der Waals surface area contributed by atoms with Crippen molar-refractivity contribution in [3.63, 3.8) is 0 Å². The van der Waals surface area contributed by atoms with E-state index in [1.165, 1.54) is 4.90 Å². The molecule has 1 fully saturated rings. The first kappa shape index (κ1) is 12.9. The molecule has 96 valence electrons. The van der Waals surface area contributed by atoms with E-state index >= 15 is 0 Å². The lowest BCUT2D eigenvalue weighted by molar-refractivity contribution is -0.121. The number of carbonyl (C=O) groups is 2. The number of halogens is 1. The number of nitrogens with two attached hydrogens (primary N) is 2. The predicted octanol–water partition coefficient (Wildman–Crippen LogP) is 1.12. The normalized spacial score (nSPS) is 18.9. The zero-order valence-electron chi connectivity index (χ0n) is 9.73. The Morgan fingerprint density at radius 2 is 2.11 bits per heavy atom. The summed E-state index contributed by atoms with van der Waals surface area (Å²) in [6.07, 6.45) is 1.42. The van der Waals surface area contributed by atoms with Crippen molar-refractivity contribution in [3.8, 4) is 0 Å². The Morgan fingerprint density at radius 3 is 2.78 bits per heavy atom. The van der Waals surface area contributed by atoms with Gasteiger partial charge in [-0.2, -0.15) is 0 Å². The molecule has 0 aliphatic carbocycles. The molecule has 2 rings (SSSR count). The van der Waals surface area contributed by atoms with Gasteiger partial charge in [-0.3, -0.25) is 9.59 Å². The summed E-state index contributed by atoms with van der Waals surface area (Å²) in [5.74, 6) is -0.670. The number of carbonyl (C=O) groups excluding carboxylic acids is 2. The van der Waals surface area contributed by atoms with Crippen molar-refractivity contribution in [1.29, 1.82) is 0 Å². The van der Waals surface area contributed by atoms with E-state index in [1.807, 2.05) is 0 Å². The average molecular weight is 312 g/mol. The summed E-state index contributed by atoms with van der Waals surface area (Å²) in [5, 5.41) is 0. The van der Waals surface area contributed by atoms with Crippen molar-refractivity contribution in [3.05, 3.63) is 28.2 Å². The number of hydrogen-bond acceptors (Lipinski definition) is 3. The number of amides is 2. The summed E-state index contributed by atoms with van der Waals surface area (Å²) in [6, 6.07) is 4.52. The van der Waals surface area contributed by atoms with E-state index in [0.29, 0.717) is 28.7 Å². The number of primary amides is 1. The molecule has 1 aromatic carbocycles. The summed E-state index contributed by atoms with van der Waals surface area (Å²) in [4.78, 5) is 25.2. The van der Waals surface area contributed by atoms with Crippen molar-refractivity contribution < 1.29 is 9.59 Å². The molecule has 2 amide bonds. The van der Waals surface area contributed by atoms with Gasteiger partial charge in [-0.1, -0.05) is 0 Å². The molecule has 0 radical (unpaired) electrons. The summed E-state index contributed by atoms with van der Waals surface area (Å²) in [5.41, 5.74) is 11.9. The first-order valence-electron chi connectivity index (χ1n) is 5.66. The standard InChI is InChI=1S/C12H14BrN3O2/c13-9-4-3-7(14)6-8(9)12(18)16-5-1-2-10(16)11(15)17/h3-4,6,10H,1-2,5,14H2,(H2,15,17). The molecule has 0 aromatic heterocycles. The highest BCUT2D eigenvalue weighted by atomic mass is 79.9. The fourth-order valence-electron chi connectivity index (χ4n) is 2.17. The Hall–Kier alpha value is -1.56.